The number of fused-ring (bicyclic) bond motifs is 1. The van der Waals surface area contributed by atoms with Crippen molar-refractivity contribution < 1.29 is 4.79 Å². The van der Waals surface area contributed by atoms with Crippen LogP contribution in [0.5, 0.6) is 0 Å². The van der Waals surface area contributed by atoms with E-state index in [1.54, 1.807) is 17.1 Å². The summed E-state index contributed by atoms with van der Waals surface area (Å²) in [6.07, 6.45) is 4.91. The first-order valence-corrected chi connectivity index (χ1v) is 7.87. The molecule has 2 N–H and O–H groups in total. The highest BCUT2D eigenvalue weighted by Crippen LogP contribution is 2.34. The number of allylic oxidation sites excluding steroid dienone is 1. The molecule has 0 fully saturated rings. The van der Waals surface area contributed by atoms with Gasteiger partial charge in [0.2, 0.25) is 5.95 Å². The first kappa shape index (κ1) is 15.1. The fourth-order valence-corrected chi connectivity index (χ4v) is 2.95. The van der Waals surface area contributed by atoms with Gasteiger partial charge < -0.3 is 10.6 Å². The highest BCUT2D eigenvalue weighted by atomic mass is 16.1. The Balaban J connectivity index is 1.77. The minimum Gasteiger partial charge on any atom is -0.328 e. The molecule has 1 aromatic carbocycles. The summed E-state index contributed by atoms with van der Waals surface area (Å²) in [7, 11) is 0. The van der Waals surface area contributed by atoms with Crippen LogP contribution in [0.1, 0.15) is 18.5 Å². The third-order valence-electron chi connectivity index (χ3n) is 4.07. The normalized spacial score (nSPS) is 16.1. The number of hydrogen-bond acceptors (Lipinski definition) is 5. The van der Waals surface area contributed by atoms with E-state index in [0.29, 0.717) is 11.5 Å². The van der Waals surface area contributed by atoms with Crippen LogP contribution < -0.4 is 10.6 Å². The molecule has 0 spiro atoms. The SMILES string of the molecule is CC1=C(C(=O)Nc2ccccc2)[C@H](c2cccnc2)n2ncnc2N1. The Morgan fingerprint density at radius 3 is 2.80 bits per heavy atom. The maximum Gasteiger partial charge on any atom is 0.255 e. The average Bonchev–Trinajstić information content (AvgIpc) is 3.10. The second-order valence-electron chi connectivity index (χ2n) is 5.70. The zero-order valence-electron chi connectivity index (χ0n) is 13.5. The molecule has 1 atom stereocenters. The lowest BCUT2D eigenvalue weighted by atomic mass is 9.96. The monoisotopic (exact) mass is 332 g/mol. The number of carbonyl (C=O) groups excluding carboxylic acids is 1. The topological polar surface area (TPSA) is 84.7 Å². The van der Waals surface area contributed by atoms with Gasteiger partial charge in [-0.25, -0.2) is 4.68 Å². The summed E-state index contributed by atoms with van der Waals surface area (Å²) in [4.78, 5) is 21.4. The molecule has 4 rings (SSSR count). The Bertz CT molecular complexity index is 932. The van der Waals surface area contributed by atoms with Crippen molar-refractivity contribution in [3.8, 4) is 0 Å². The van der Waals surface area contributed by atoms with Crippen molar-refractivity contribution >= 4 is 17.5 Å². The molecular formula is C18H16N6O. The van der Waals surface area contributed by atoms with Gasteiger partial charge in [0.25, 0.3) is 5.91 Å². The summed E-state index contributed by atoms with van der Waals surface area (Å²) in [6.45, 7) is 1.86. The van der Waals surface area contributed by atoms with Gasteiger partial charge >= 0.3 is 0 Å². The summed E-state index contributed by atoms with van der Waals surface area (Å²) >= 11 is 0. The van der Waals surface area contributed by atoms with Crippen molar-refractivity contribution in [2.45, 2.75) is 13.0 Å². The van der Waals surface area contributed by atoms with Gasteiger partial charge in [0.1, 0.15) is 12.4 Å². The second-order valence-corrected chi connectivity index (χ2v) is 5.70. The predicted octanol–water partition coefficient (Wildman–Crippen LogP) is 2.60. The summed E-state index contributed by atoms with van der Waals surface area (Å²) in [5.74, 6) is 0.411. The van der Waals surface area contributed by atoms with Gasteiger partial charge in [-0.2, -0.15) is 10.1 Å². The van der Waals surface area contributed by atoms with Crippen LogP contribution in [0, 0.1) is 0 Å². The molecule has 7 nitrogen and oxygen atoms in total. The van der Waals surface area contributed by atoms with Gasteiger partial charge in [-0.3, -0.25) is 9.78 Å². The number of anilines is 2. The minimum absolute atomic E-state index is 0.189. The van der Waals surface area contributed by atoms with Crippen molar-refractivity contribution in [2.75, 3.05) is 10.6 Å². The number of amides is 1. The molecule has 124 valence electrons. The van der Waals surface area contributed by atoms with Crippen LogP contribution in [0.4, 0.5) is 11.6 Å². The van der Waals surface area contributed by atoms with Gasteiger partial charge in [-0.1, -0.05) is 24.3 Å². The number of nitrogens with one attached hydrogen (secondary N) is 2. The Morgan fingerprint density at radius 1 is 1.20 bits per heavy atom. The smallest absolute Gasteiger partial charge is 0.255 e. The molecule has 1 aliphatic rings. The van der Waals surface area contributed by atoms with Gasteiger partial charge in [0, 0.05) is 23.8 Å². The molecule has 3 heterocycles. The molecule has 0 unspecified atom stereocenters. The first-order valence-electron chi connectivity index (χ1n) is 7.87. The first-order chi connectivity index (χ1) is 12.2. The van der Waals surface area contributed by atoms with E-state index in [4.69, 9.17) is 0 Å². The minimum atomic E-state index is -0.392. The molecule has 0 saturated carbocycles. The van der Waals surface area contributed by atoms with Crippen LogP contribution >= 0.6 is 0 Å². The Kier molecular flexibility index (Phi) is 3.74. The van der Waals surface area contributed by atoms with Crippen LogP contribution in [0.25, 0.3) is 0 Å². The van der Waals surface area contributed by atoms with Crippen LogP contribution in [0.2, 0.25) is 0 Å². The lowest BCUT2D eigenvalue weighted by Crippen LogP contribution is -2.31. The van der Waals surface area contributed by atoms with Crippen LogP contribution in [0.15, 0.2) is 72.5 Å². The number of para-hydroxylation sites is 1. The quantitative estimate of drug-likeness (QED) is 0.770. The summed E-state index contributed by atoms with van der Waals surface area (Å²) in [5.41, 5.74) is 2.92. The van der Waals surface area contributed by atoms with Crippen molar-refractivity contribution in [1.82, 2.24) is 19.7 Å². The molecule has 25 heavy (non-hydrogen) atoms. The maximum atomic E-state index is 13.0. The standard InChI is InChI=1S/C18H16N6O/c1-12-15(17(25)23-14-7-3-2-4-8-14)16(13-6-5-9-19-10-13)24-18(22-12)20-11-21-24/h2-11,16H,1H3,(H,23,25)(H,20,21,22)/t16-/m0/s1. The molecule has 0 saturated heterocycles. The van der Waals surface area contributed by atoms with E-state index < -0.39 is 6.04 Å². The predicted molar refractivity (Wildman–Crippen MR) is 93.8 cm³/mol. The van der Waals surface area contributed by atoms with E-state index in [2.05, 4.69) is 25.7 Å². The summed E-state index contributed by atoms with van der Waals surface area (Å²) in [5, 5.41) is 10.4. The number of pyridine rings is 1. The van der Waals surface area contributed by atoms with Crippen molar-refractivity contribution in [3.63, 3.8) is 0 Å². The van der Waals surface area contributed by atoms with Gasteiger partial charge in [-0.05, 0) is 30.7 Å². The lowest BCUT2D eigenvalue weighted by Gasteiger charge is -2.28. The number of benzene rings is 1. The molecular weight excluding hydrogens is 316 g/mol. The number of aromatic nitrogens is 4. The summed E-state index contributed by atoms with van der Waals surface area (Å²) < 4.78 is 1.70. The molecule has 2 aromatic heterocycles. The zero-order chi connectivity index (χ0) is 17.2. The molecule has 1 aliphatic heterocycles. The van der Waals surface area contributed by atoms with Gasteiger partial charge in [0.15, 0.2) is 0 Å². The highest BCUT2D eigenvalue weighted by molar-refractivity contribution is 6.05. The van der Waals surface area contributed by atoms with E-state index in [1.807, 2.05) is 49.4 Å². The second kappa shape index (κ2) is 6.20. The number of rotatable bonds is 3. The van der Waals surface area contributed by atoms with Crippen LogP contribution in [-0.4, -0.2) is 25.7 Å². The lowest BCUT2D eigenvalue weighted by molar-refractivity contribution is -0.113. The number of nitrogens with zero attached hydrogens (tertiary/aromatic N) is 4. The Labute approximate surface area is 144 Å². The average molecular weight is 332 g/mol. The number of carbonyl (C=O) groups is 1. The van der Waals surface area contributed by atoms with E-state index in [1.165, 1.54) is 6.33 Å². The highest BCUT2D eigenvalue weighted by Gasteiger charge is 2.33. The van der Waals surface area contributed by atoms with Gasteiger partial charge in [-0.15, -0.1) is 0 Å². The largest absolute Gasteiger partial charge is 0.328 e. The summed E-state index contributed by atoms with van der Waals surface area (Å²) in [6, 6.07) is 12.7. The third kappa shape index (κ3) is 2.76. The van der Waals surface area contributed by atoms with Crippen LogP contribution in [-0.2, 0) is 4.79 Å². The van der Waals surface area contributed by atoms with Crippen LogP contribution in [0.3, 0.4) is 0 Å². The third-order valence-corrected chi connectivity index (χ3v) is 4.07. The molecule has 3 aromatic rings. The van der Waals surface area contributed by atoms with Crippen molar-refractivity contribution in [2.24, 2.45) is 0 Å². The van der Waals surface area contributed by atoms with E-state index in [-0.39, 0.29) is 5.91 Å². The molecule has 0 aliphatic carbocycles. The number of hydrogen-bond donors (Lipinski definition) is 2. The maximum absolute atomic E-state index is 13.0. The fraction of sp³-hybridized carbons (Fsp3) is 0.111. The molecule has 0 bridgehead atoms. The molecule has 0 radical (unpaired) electrons. The Morgan fingerprint density at radius 2 is 2.04 bits per heavy atom. The van der Waals surface area contributed by atoms with Gasteiger partial charge in [0.05, 0.1) is 5.57 Å². The van der Waals surface area contributed by atoms with Crippen molar-refractivity contribution in [3.05, 3.63) is 78.0 Å². The zero-order valence-corrected chi connectivity index (χ0v) is 13.5. The Hall–Kier alpha value is -3.48. The van der Waals surface area contributed by atoms with Crippen molar-refractivity contribution in [1.29, 1.82) is 0 Å². The molecule has 1 amide bonds. The van der Waals surface area contributed by atoms with E-state index in [9.17, 15) is 4.79 Å². The fourth-order valence-electron chi connectivity index (χ4n) is 2.95. The molecule has 7 heteroatoms. The van der Waals surface area contributed by atoms with E-state index >= 15 is 0 Å². The van der Waals surface area contributed by atoms with E-state index in [0.717, 1.165) is 16.9 Å².